The monoisotopic (exact) mass is 768 g/mol. The van der Waals surface area contributed by atoms with Crippen LogP contribution in [0, 0.1) is 0 Å². The van der Waals surface area contributed by atoms with Crippen LogP contribution in [-0.4, -0.2) is 16.2 Å². The molecular formula is C53H58N4O. The van der Waals surface area contributed by atoms with E-state index >= 15 is 0 Å². The molecule has 1 aliphatic rings. The fourth-order valence-electron chi connectivity index (χ4n) is 7.84. The Morgan fingerprint density at radius 1 is 0.500 bits per heavy atom. The average molecular weight is 769 g/mol. The highest BCUT2D eigenvalue weighted by atomic mass is 16.5. The highest BCUT2D eigenvalue weighted by Crippen LogP contribution is 2.41. The van der Waals surface area contributed by atoms with Crippen LogP contribution in [0.15, 0.2) is 140 Å². The van der Waals surface area contributed by atoms with E-state index in [0.29, 0.717) is 18.2 Å². The van der Waals surface area contributed by atoms with Gasteiger partial charge in [0.1, 0.15) is 17.3 Å². The van der Waals surface area contributed by atoms with Crippen LogP contribution in [0.3, 0.4) is 0 Å². The quantitative estimate of drug-likeness (QED) is 0.162. The van der Waals surface area contributed by atoms with Crippen molar-refractivity contribution in [1.82, 2.24) is 9.55 Å². The molecule has 0 bridgehead atoms. The number of hydrogen-bond acceptors (Lipinski definition) is 4. The number of hydrogen-bond donors (Lipinski definition) is 0. The zero-order chi connectivity index (χ0) is 42.9. The number of aromatic nitrogens is 2. The molecule has 0 spiro atoms. The summed E-state index contributed by atoms with van der Waals surface area (Å²) in [6, 6.07) is 42.5. The van der Waals surface area contributed by atoms with Gasteiger partial charge in [0.2, 0.25) is 0 Å². The number of ether oxygens (including phenoxy) is 1. The Labute approximate surface area is 348 Å². The first kappa shape index (κ1) is 36.5. The van der Waals surface area contributed by atoms with E-state index in [4.69, 9.17) is 9.72 Å². The van der Waals surface area contributed by atoms with E-state index in [0.717, 1.165) is 44.6 Å². The van der Waals surface area contributed by atoms with Gasteiger partial charge in [0.25, 0.3) is 0 Å². The summed E-state index contributed by atoms with van der Waals surface area (Å²) in [5.41, 5.74) is 9.05. The van der Waals surface area contributed by atoms with E-state index in [1.165, 1.54) is 22.3 Å². The van der Waals surface area contributed by atoms with Crippen LogP contribution in [0.4, 0.5) is 11.4 Å². The van der Waals surface area contributed by atoms with Gasteiger partial charge in [-0.05, 0) is 98.7 Å². The topological polar surface area (TPSA) is 33.5 Å². The lowest BCUT2D eigenvalue weighted by Crippen LogP contribution is -2.26. The Kier molecular flexibility index (Phi) is 8.96. The van der Waals surface area contributed by atoms with E-state index in [9.17, 15) is 2.74 Å². The lowest BCUT2D eigenvalue weighted by atomic mass is 9.78. The molecular weight excluding hydrogens is 709 g/mol. The highest BCUT2D eigenvalue weighted by Gasteiger charge is 2.28. The molecule has 0 unspecified atom stereocenters. The third-order valence-corrected chi connectivity index (χ3v) is 11.7. The second-order valence-electron chi connectivity index (χ2n) is 19.5. The van der Waals surface area contributed by atoms with Crippen molar-refractivity contribution in [3.63, 3.8) is 0 Å². The molecule has 5 heteroatoms. The van der Waals surface area contributed by atoms with Crippen LogP contribution >= 0.6 is 0 Å². The molecule has 7 aromatic rings. The van der Waals surface area contributed by atoms with Crippen molar-refractivity contribution < 1.29 is 7.48 Å². The SMILES string of the molecule is [2H]C1=C([2H])N(c2cc(Oc3ccc4c5ccccc5n(-c5cc(C(C)(C)C)ccn5)c4c3)cc(C(C)(C)c3ccccc3)c2)CN1c1cc(C(C)(C)C)cc(C(C)(C)C)c1. The van der Waals surface area contributed by atoms with E-state index in [1.807, 2.05) is 34.2 Å². The van der Waals surface area contributed by atoms with E-state index in [2.05, 4.69) is 184 Å². The lowest BCUT2D eigenvalue weighted by molar-refractivity contribution is 0.480. The highest BCUT2D eigenvalue weighted by molar-refractivity contribution is 6.09. The van der Waals surface area contributed by atoms with Crippen LogP contribution in [0.5, 0.6) is 11.5 Å². The van der Waals surface area contributed by atoms with Crippen molar-refractivity contribution in [2.75, 3.05) is 16.5 Å². The predicted octanol–water partition coefficient (Wildman–Crippen LogP) is 13.9. The van der Waals surface area contributed by atoms with Crippen LogP contribution < -0.4 is 14.5 Å². The molecule has 5 aromatic carbocycles. The van der Waals surface area contributed by atoms with Gasteiger partial charge in [0.05, 0.1) is 20.4 Å². The van der Waals surface area contributed by atoms with Crippen molar-refractivity contribution >= 4 is 33.2 Å². The fraction of sp³-hybridized carbons (Fsp3) is 0.302. The normalized spacial score (nSPS) is 14.7. The fourth-order valence-corrected chi connectivity index (χ4v) is 7.84. The van der Waals surface area contributed by atoms with E-state index in [1.54, 1.807) is 0 Å². The summed E-state index contributed by atoms with van der Waals surface area (Å²) in [7, 11) is 0. The molecule has 8 rings (SSSR count). The zero-order valence-electron chi connectivity index (χ0n) is 38.0. The molecule has 1 aliphatic heterocycles. The third kappa shape index (κ3) is 7.51. The number of pyridine rings is 1. The Morgan fingerprint density at radius 2 is 1.09 bits per heavy atom. The van der Waals surface area contributed by atoms with Crippen molar-refractivity contribution in [3.05, 3.63) is 168 Å². The van der Waals surface area contributed by atoms with Crippen molar-refractivity contribution in [1.29, 1.82) is 0 Å². The summed E-state index contributed by atoms with van der Waals surface area (Å²) in [6.07, 6.45) is 2.21. The van der Waals surface area contributed by atoms with Crippen LogP contribution in [-0.2, 0) is 21.7 Å². The molecule has 0 N–H and O–H groups in total. The summed E-state index contributed by atoms with van der Waals surface area (Å²) in [5.74, 6) is 2.21. The summed E-state index contributed by atoms with van der Waals surface area (Å²) >= 11 is 0. The van der Waals surface area contributed by atoms with E-state index < -0.39 is 5.41 Å². The summed E-state index contributed by atoms with van der Waals surface area (Å²) in [6.45, 7) is 24.8. The summed E-state index contributed by atoms with van der Waals surface area (Å²) in [5, 5.41) is 2.27. The largest absolute Gasteiger partial charge is 0.457 e. The van der Waals surface area contributed by atoms with Gasteiger partial charge in [0.15, 0.2) is 0 Å². The molecule has 2 aromatic heterocycles. The Morgan fingerprint density at radius 3 is 1.74 bits per heavy atom. The molecule has 0 amide bonds. The van der Waals surface area contributed by atoms with Gasteiger partial charge in [-0.1, -0.05) is 131 Å². The smallest absolute Gasteiger partial charge is 0.137 e. The standard InChI is InChI=1S/C53H58N4O/c1-50(2,3)37-23-24-54-49(32-37)57-47-20-16-15-19-45(47)46-22-21-43(34-48(46)57)58-44-31-40(53(10,11)36-17-13-12-14-18-36)30-42(33-44)56-26-25-55(35-56)41-28-38(51(4,5)6)27-39(29-41)52(7,8)9/h12-34H,35H2,1-11H3/i25D,26D. The van der Waals surface area contributed by atoms with Gasteiger partial charge in [0, 0.05) is 58.2 Å². The summed E-state index contributed by atoms with van der Waals surface area (Å²) < 4.78 is 27.8. The maximum Gasteiger partial charge on any atom is 0.137 e. The minimum absolute atomic E-state index is 0.0337. The van der Waals surface area contributed by atoms with Gasteiger partial charge < -0.3 is 14.5 Å². The van der Waals surface area contributed by atoms with Gasteiger partial charge in [-0.15, -0.1) is 0 Å². The number of rotatable bonds is 7. The molecule has 3 heterocycles. The third-order valence-electron chi connectivity index (χ3n) is 11.7. The minimum atomic E-state index is -0.396. The maximum absolute atomic E-state index is 9.38. The molecule has 0 saturated heterocycles. The number of nitrogens with zero attached hydrogens (tertiary/aromatic N) is 4. The first-order chi connectivity index (χ1) is 28.2. The molecule has 0 atom stereocenters. The second kappa shape index (κ2) is 14.2. The first-order valence-electron chi connectivity index (χ1n) is 21.5. The molecule has 58 heavy (non-hydrogen) atoms. The molecule has 0 aliphatic carbocycles. The number of para-hydroxylation sites is 1. The van der Waals surface area contributed by atoms with Gasteiger partial charge in [-0.2, -0.15) is 0 Å². The van der Waals surface area contributed by atoms with Crippen LogP contribution in [0.2, 0.25) is 0 Å². The Bertz CT molecular complexity index is 2750. The molecule has 296 valence electrons. The van der Waals surface area contributed by atoms with Crippen LogP contribution in [0.25, 0.3) is 27.6 Å². The minimum Gasteiger partial charge on any atom is -0.457 e. The van der Waals surface area contributed by atoms with Gasteiger partial charge >= 0.3 is 0 Å². The number of fused-ring (bicyclic) bond motifs is 3. The first-order valence-corrected chi connectivity index (χ1v) is 20.5. The second-order valence-corrected chi connectivity index (χ2v) is 19.5. The lowest BCUT2D eigenvalue weighted by Gasteiger charge is -2.30. The number of benzene rings is 5. The van der Waals surface area contributed by atoms with E-state index in [-0.39, 0.29) is 28.6 Å². The molecule has 0 radical (unpaired) electrons. The maximum atomic E-state index is 9.38. The van der Waals surface area contributed by atoms with Gasteiger partial charge in [-0.3, -0.25) is 4.57 Å². The zero-order valence-corrected chi connectivity index (χ0v) is 36.0. The molecule has 0 fully saturated rings. The number of anilines is 2. The summed E-state index contributed by atoms with van der Waals surface area (Å²) in [4.78, 5) is 8.76. The van der Waals surface area contributed by atoms with Crippen molar-refractivity contribution in [2.24, 2.45) is 0 Å². The Hall–Kier alpha value is -5.81. The predicted molar refractivity (Wildman–Crippen MR) is 245 cm³/mol. The molecule has 0 saturated carbocycles. The Balaban J connectivity index is 1.24. The van der Waals surface area contributed by atoms with Crippen LogP contribution in [0.1, 0.15) is 107 Å². The average Bonchev–Trinajstić information content (AvgIpc) is 3.69. The van der Waals surface area contributed by atoms with Crippen molar-refractivity contribution in [3.8, 4) is 17.3 Å². The van der Waals surface area contributed by atoms with Crippen molar-refractivity contribution in [2.45, 2.75) is 97.8 Å². The van der Waals surface area contributed by atoms with Gasteiger partial charge in [-0.25, -0.2) is 4.98 Å². The molecule has 5 nitrogen and oxygen atoms in total.